The Morgan fingerprint density at radius 1 is 1.25 bits per heavy atom. The van der Waals surface area contributed by atoms with Gasteiger partial charge in [-0.3, -0.25) is 14.3 Å². The van der Waals surface area contributed by atoms with Gasteiger partial charge >= 0.3 is 5.76 Å². The van der Waals surface area contributed by atoms with Gasteiger partial charge in [0.25, 0.3) is 5.91 Å². The molecule has 1 amide bonds. The lowest BCUT2D eigenvalue weighted by atomic mass is 10.1. The van der Waals surface area contributed by atoms with Crippen LogP contribution in [0.3, 0.4) is 0 Å². The van der Waals surface area contributed by atoms with Crippen molar-refractivity contribution in [2.75, 3.05) is 12.4 Å². The number of methoxy groups -OCH3 is 1. The van der Waals surface area contributed by atoms with E-state index in [1.165, 1.54) is 0 Å². The molecule has 0 radical (unpaired) electrons. The van der Waals surface area contributed by atoms with Crippen LogP contribution in [0.1, 0.15) is 10.4 Å². The minimum absolute atomic E-state index is 0.196. The zero-order valence-electron chi connectivity index (χ0n) is 12.5. The van der Waals surface area contributed by atoms with Crippen LogP contribution in [0.2, 0.25) is 5.02 Å². The zero-order chi connectivity index (χ0) is 17.1. The van der Waals surface area contributed by atoms with Gasteiger partial charge < -0.3 is 10.1 Å². The number of aromatic nitrogens is 2. The standard InChI is InChI=1S/C16H12ClN3O4/c1-23-11-5-2-9(3-6-11)15(21)18-13-8-10(17)4-7-12(13)14-19-16(22)24-20-14/h2-8H,1H3,(H,18,21)(H,19,20,22). The Hall–Kier alpha value is -3.06. The number of hydrogen-bond acceptors (Lipinski definition) is 5. The lowest BCUT2D eigenvalue weighted by Gasteiger charge is -2.10. The average molecular weight is 346 g/mol. The van der Waals surface area contributed by atoms with E-state index in [1.807, 2.05) is 0 Å². The molecule has 8 heteroatoms. The van der Waals surface area contributed by atoms with Crippen LogP contribution < -0.4 is 15.8 Å². The van der Waals surface area contributed by atoms with Gasteiger partial charge in [-0.25, -0.2) is 4.79 Å². The first kappa shape index (κ1) is 15.8. The van der Waals surface area contributed by atoms with Gasteiger partial charge in [0, 0.05) is 16.1 Å². The fraction of sp³-hybridized carbons (Fsp3) is 0.0625. The van der Waals surface area contributed by atoms with Crippen molar-refractivity contribution in [2.24, 2.45) is 0 Å². The van der Waals surface area contributed by atoms with Gasteiger partial charge in [-0.1, -0.05) is 16.8 Å². The van der Waals surface area contributed by atoms with Crippen molar-refractivity contribution in [3.8, 4) is 17.1 Å². The van der Waals surface area contributed by atoms with E-state index in [4.69, 9.17) is 16.3 Å². The van der Waals surface area contributed by atoms with Crippen LogP contribution in [0.5, 0.6) is 5.75 Å². The number of amides is 1. The number of hydrogen-bond donors (Lipinski definition) is 2. The van der Waals surface area contributed by atoms with E-state index in [9.17, 15) is 9.59 Å². The zero-order valence-corrected chi connectivity index (χ0v) is 13.3. The molecule has 122 valence electrons. The summed E-state index contributed by atoms with van der Waals surface area (Å²) in [4.78, 5) is 26.0. The topological polar surface area (TPSA) is 97.2 Å². The number of H-pyrrole nitrogens is 1. The van der Waals surface area contributed by atoms with Gasteiger partial charge in [0.1, 0.15) is 5.75 Å². The molecule has 0 atom stereocenters. The van der Waals surface area contributed by atoms with Gasteiger partial charge in [0.2, 0.25) is 0 Å². The van der Waals surface area contributed by atoms with E-state index in [0.717, 1.165) is 0 Å². The van der Waals surface area contributed by atoms with Crippen LogP contribution in [-0.4, -0.2) is 23.2 Å². The molecule has 1 heterocycles. The molecule has 0 saturated carbocycles. The number of anilines is 1. The highest BCUT2D eigenvalue weighted by Gasteiger charge is 2.14. The summed E-state index contributed by atoms with van der Waals surface area (Å²) in [5.41, 5.74) is 1.32. The molecule has 0 aliphatic heterocycles. The summed E-state index contributed by atoms with van der Waals surface area (Å²) in [6.45, 7) is 0. The van der Waals surface area contributed by atoms with Crippen molar-refractivity contribution in [3.63, 3.8) is 0 Å². The predicted octanol–water partition coefficient (Wildman–Crippen LogP) is 2.94. The molecular weight excluding hydrogens is 334 g/mol. The SMILES string of the molecule is COc1ccc(C(=O)Nc2cc(Cl)ccc2-c2noc(=O)[nH]2)cc1. The molecule has 0 spiro atoms. The first-order valence-electron chi connectivity index (χ1n) is 6.88. The second-order valence-corrected chi connectivity index (χ2v) is 5.25. The third-order valence-corrected chi connectivity index (χ3v) is 3.51. The summed E-state index contributed by atoms with van der Waals surface area (Å²) in [6, 6.07) is 11.4. The maximum Gasteiger partial charge on any atom is 0.439 e. The van der Waals surface area contributed by atoms with E-state index in [-0.39, 0.29) is 11.7 Å². The molecule has 0 unspecified atom stereocenters. The minimum Gasteiger partial charge on any atom is -0.497 e. The summed E-state index contributed by atoms with van der Waals surface area (Å²) >= 11 is 5.99. The maximum absolute atomic E-state index is 12.4. The van der Waals surface area contributed by atoms with Crippen LogP contribution in [0.25, 0.3) is 11.4 Å². The van der Waals surface area contributed by atoms with Gasteiger partial charge in [-0.2, -0.15) is 0 Å². The molecule has 24 heavy (non-hydrogen) atoms. The highest BCUT2D eigenvalue weighted by Crippen LogP contribution is 2.28. The summed E-state index contributed by atoms with van der Waals surface area (Å²) < 4.78 is 9.56. The Kier molecular flexibility index (Phi) is 4.35. The van der Waals surface area contributed by atoms with Crippen molar-refractivity contribution in [1.82, 2.24) is 10.1 Å². The normalized spacial score (nSPS) is 10.4. The number of aromatic amines is 1. The molecule has 2 aromatic carbocycles. The average Bonchev–Trinajstić information content (AvgIpc) is 3.01. The molecule has 0 saturated heterocycles. The number of ether oxygens (including phenoxy) is 1. The molecule has 0 fully saturated rings. The van der Waals surface area contributed by atoms with E-state index >= 15 is 0 Å². The molecule has 3 aromatic rings. The van der Waals surface area contributed by atoms with Crippen LogP contribution in [0, 0.1) is 0 Å². The third-order valence-electron chi connectivity index (χ3n) is 3.28. The minimum atomic E-state index is -0.688. The van der Waals surface area contributed by atoms with Crippen molar-refractivity contribution in [2.45, 2.75) is 0 Å². The molecule has 7 nitrogen and oxygen atoms in total. The summed E-state index contributed by atoms with van der Waals surface area (Å²) in [5, 5.41) is 6.80. The van der Waals surface area contributed by atoms with Gasteiger partial charge in [0.05, 0.1) is 12.8 Å². The quantitative estimate of drug-likeness (QED) is 0.757. The smallest absolute Gasteiger partial charge is 0.439 e. The molecule has 1 aromatic heterocycles. The van der Waals surface area contributed by atoms with Gasteiger partial charge in [0.15, 0.2) is 5.82 Å². The van der Waals surface area contributed by atoms with Crippen molar-refractivity contribution in [1.29, 1.82) is 0 Å². The number of nitrogens with zero attached hydrogens (tertiary/aromatic N) is 1. The van der Waals surface area contributed by atoms with E-state index in [2.05, 4.69) is 20.0 Å². The molecule has 0 aliphatic carbocycles. The van der Waals surface area contributed by atoms with E-state index in [0.29, 0.717) is 27.6 Å². The number of carbonyl (C=O) groups is 1. The Balaban J connectivity index is 1.92. The number of nitrogens with one attached hydrogen (secondary N) is 2. The first-order chi connectivity index (χ1) is 11.6. The number of benzene rings is 2. The number of carbonyl (C=O) groups excluding carboxylic acids is 1. The van der Waals surface area contributed by atoms with Crippen molar-refractivity contribution >= 4 is 23.2 Å². The summed E-state index contributed by atoms with van der Waals surface area (Å²) in [7, 11) is 1.55. The number of halogens is 1. The van der Waals surface area contributed by atoms with Gasteiger partial charge in [-0.15, -0.1) is 0 Å². The van der Waals surface area contributed by atoms with Crippen LogP contribution in [0.4, 0.5) is 5.69 Å². The molecule has 3 rings (SSSR count). The molecule has 0 bridgehead atoms. The van der Waals surface area contributed by atoms with Crippen LogP contribution in [0.15, 0.2) is 51.8 Å². The summed E-state index contributed by atoms with van der Waals surface area (Å²) in [5.74, 6) is -0.184. The van der Waals surface area contributed by atoms with E-state index in [1.54, 1.807) is 49.6 Å². The second-order valence-electron chi connectivity index (χ2n) is 4.82. The van der Waals surface area contributed by atoms with Gasteiger partial charge in [-0.05, 0) is 42.5 Å². The van der Waals surface area contributed by atoms with E-state index < -0.39 is 5.76 Å². The molecule has 2 N–H and O–H groups in total. The first-order valence-corrected chi connectivity index (χ1v) is 7.26. The maximum atomic E-state index is 12.4. The Bertz CT molecular complexity index is 931. The monoisotopic (exact) mass is 345 g/mol. The Labute approximate surface area is 141 Å². The van der Waals surface area contributed by atoms with Crippen LogP contribution in [-0.2, 0) is 0 Å². The summed E-state index contributed by atoms with van der Waals surface area (Å²) in [6.07, 6.45) is 0. The van der Waals surface area contributed by atoms with Crippen molar-refractivity contribution in [3.05, 3.63) is 63.6 Å². The fourth-order valence-corrected chi connectivity index (χ4v) is 2.28. The molecule has 0 aliphatic rings. The fourth-order valence-electron chi connectivity index (χ4n) is 2.11. The van der Waals surface area contributed by atoms with Crippen molar-refractivity contribution < 1.29 is 14.1 Å². The Morgan fingerprint density at radius 3 is 2.62 bits per heavy atom. The molecular formula is C16H12ClN3O4. The highest BCUT2D eigenvalue weighted by molar-refractivity contribution is 6.31. The highest BCUT2D eigenvalue weighted by atomic mass is 35.5. The largest absolute Gasteiger partial charge is 0.497 e. The lowest BCUT2D eigenvalue weighted by Crippen LogP contribution is -2.12. The number of rotatable bonds is 4. The lowest BCUT2D eigenvalue weighted by molar-refractivity contribution is 0.102. The third kappa shape index (κ3) is 3.31. The van der Waals surface area contributed by atoms with Crippen LogP contribution >= 0.6 is 11.6 Å². The Morgan fingerprint density at radius 2 is 2.00 bits per heavy atom. The second kappa shape index (κ2) is 6.59. The predicted molar refractivity (Wildman–Crippen MR) is 88.5 cm³/mol.